The van der Waals surface area contributed by atoms with Crippen LogP contribution in [0, 0.1) is 0 Å². The summed E-state index contributed by atoms with van der Waals surface area (Å²) < 4.78 is 0. The summed E-state index contributed by atoms with van der Waals surface area (Å²) in [4.78, 5) is 0. The monoisotopic (exact) mass is 354 g/mol. The van der Waals surface area contributed by atoms with Crippen LogP contribution in [0.2, 0.25) is 0 Å². The van der Waals surface area contributed by atoms with E-state index in [4.69, 9.17) is 0 Å². The Labute approximate surface area is 161 Å². The third-order valence-electron chi connectivity index (χ3n) is 6.49. The first-order valence-corrected chi connectivity index (χ1v) is 10.1. The number of benzene rings is 3. The zero-order valence-corrected chi connectivity index (χ0v) is 16.0. The van der Waals surface area contributed by atoms with Crippen LogP contribution in [0.5, 0.6) is 0 Å². The second-order valence-corrected chi connectivity index (χ2v) is 8.37. The van der Waals surface area contributed by atoms with Crippen LogP contribution in [0.25, 0.3) is 0 Å². The molecule has 0 unspecified atom stereocenters. The smallest absolute Gasteiger partial charge is 0.112 e. The van der Waals surface area contributed by atoms with E-state index in [0.717, 1.165) is 49.7 Å². The summed E-state index contributed by atoms with van der Waals surface area (Å²) in [6.45, 7) is 1.98. The van der Waals surface area contributed by atoms with Crippen molar-refractivity contribution in [2.75, 3.05) is 0 Å². The second-order valence-electron chi connectivity index (χ2n) is 8.37. The highest BCUT2D eigenvalue weighted by molar-refractivity contribution is 5.49. The molecule has 0 aromatic heterocycles. The lowest BCUT2D eigenvalue weighted by atomic mass is 9.83. The van der Waals surface area contributed by atoms with Crippen molar-refractivity contribution in [3.05, 3.63) is 105 Å². The molecular weight excluding hydrogens is 328 g/mol. The Balaban J connectivity index is 1.70. The normalized spacial score (nSPS) is 17.4. The topological polar surface area (TPSA) is 20.2 Å². The van der Waals surface area contributed by atoms with Crippen LogP contribution in [-0.4, -0.2) is 5.11 Å². The number of fused-ring (bicyclic) bond motifs is 4. The average molecular weight is 354 g/mol. The van der Waals surface area contributed by atoms with Gasteiger partial charge in [-0.05, 0) is 90.0 Å². The lowest BCUT2D eigenvalue weighted by Gasteiger charge is -2.28. The Morgan fingerprint density at radius 3 is 1.37 bits per heavy atom. The number of hydrogen-bond donors (Lipinski definition) is 1. The molecule has 1 N–H and O–H groups in total. The fourth-order valence-corrected chi connectivity index (χ4v) is 4.76. The van der Waals surface area contributed by atoms with Crippen LogP contribution in [0.15, 0.2) is 60.7 Å². The van der Waals surface area contributed by atoms with Crippen LogP contribution in [-0.2, 0) is 44.1 Å². The maximum atomic E-state index is 11.7. The van der Waals surface area contributed by atoms with Crippen molar-refractivity contribution in [1.29, 1.82) is 0 Å². The highest BCUT2D eigenvalue weighted by Crippen LogP contribution is 2.38. The maximum absolute atomic E-state index is 11.7. The van der Waals surface area contributed by atoms with E-state index in [-0.39, 0.29) is 0 Å². The third kappa shape index (κ3) is 3.00. The van der Waals surface area contributed by atoms with Crippen LogP contribution in [0.1, 0.15) is 51.4 Å². The highest BCUT2D eigenvalue weighted by Gasteiger charge is 2.33. The first-order chi connectivity index (χ1) is 13.1. The fraction of sp³-hybridized carbons (Fsp3) is 0.308. The molecule has 0 fully saturated rings. The van der Waals surface area contributed by atoms with E-state index >= 15 is 0 Å². The van der Waals surface area contributed by atoms with E-state index in [1.54, 1.807) is 0 Å². The number of hydrogen-bond acceptors (Lipinski definition) is 1. The Hall–Kier alpha value is -2.38. The molecule has 0 saturated heterocycles. The molecule has 3 aliphatic rings. The summed E-state index contributed by atoms with van der Waals surface area (Å²) in [5, 5.41) is 11.7. The Morgan fingerprint density at radius 1 is 0.556 bits per heavy atom. The van der Waals surface area contributed by atoms with E-state index in [9.17, 15) is 5.11 Å². The van der Waals surface area contributed by atoms with Gasteiger partial charge in [0.15, 0.2) is 0 Å². The second kappa shape index (κ2) is 6.35. The number of aliphatic hydroxyl groups is 1. The van der Waals surface area contributed by atoms with Crippen LogP contribution < -0.4 is 0 Å². The van der Waals surface area contributed by atoms with Crippen molar-refractivity contribution in [2.45, 2.75) is 51.0 Å². The Kier molecular flexibility index (Phi) is 3.94. The number of aryl methyl sites for hydroxylation is 6. The fourth-order valence-electron chi connectivity index (χ4n) is 4.76. The van der Waals surface area contributed by atoms with Gasteiger partial charge >= 0.3 is 0 Å². The minimum Gasteiger partial charge on any atom is -0.381 e. The molecule has 6 bridgehead atoms. The van der Waals surface area contributed by atoms with E-state index in [1.807, 2.05) is 6.92 Å². The van der Waals surface area contributed by atoms with Crippen LogP contribution in [0.4, 0.5) is 0 Å². The molecule has 0 spiro atoms. The summed E-state index contributed by atoms with van der Waals surface area (Å²) in [7, 11) is 0. The molecule has 1 nitrogen and oxygen atoms in total. The molecule has 0 heterocycles. The predicted octanol–water partition coefficient (Wildman–Crippen LogP) is 4.92. The van der Waals surface area contributed by atoms with Crippen molar-refractivity contribution in [3.63, 3.8) is 0 Å². The summed E-state index contributed by atoms with van der Waals surface area (Å²) in [6.07, 6.45) is 6.10. The highest BCUT2D eigenvalue weighted by atomic mass is 16.3. The van der Waals surface area contributed by atoms with Crippen molar-refractivity contribution >= 4 is 0 Å². The molecule has 0 radical (unpaired) electrons. The molecule has 27 heavy (non-hydrogen) atoms. The first-order valence-electron chi connectivity index (χ1n) is 10.1. The molecular formula is C26H26O. The summed E-state index contributed by atoms with van der Waals surface area (Å²) >= 11 is 0. The van der Waals surface area contributed by atoms with Crippen molar-refractivity contribution < 1.29 is 5.11 Å². The molecule has 3 aromatic rings. The predicted molar refractivity (Wildman–Crippen MR) is 110 cm³/mol. The first kappa shape index (κ1) is 16.8. The maximum Gasteiger partial charge on any atom is 0.112 e. The molecule has 0 amide bonds. The van der Waals surface area contributed by atoms with E-state index in [2.05, 4.69) is 60.7 Å². The van der Waals surface area contributed by atoms with Crippen molar-refractivity contribution in [2.24, 2.45) is 0 Å². The van der Waals surface area contributed by atoms with Gasteiger partial charge in [0.05, 0.1) is 0 Å². The van der Waals surface area contributed by atoms with E-state index < -0.39 is 5.60 Å². The molecule has 0 aliphatic heterocycles. The van der Waals surface area contributed by atoms with Gasteiger partial charge in [0.25, 0.3) is 0 Å². The van der Waals surface area contributed by atoms with E-state index in [1.165, 1.54) is 33.4 Å². The SMILES string of the molecule is CC1(O)c2cc3ccc2CCc2ccc(cc21)CCc1ccc(cc1)CC3. The van der Waals surface area contributed by atoms with Gasteiger partial charge in [0.1, 0.15) is 5.60 Å². The molecule has 1 heteroatoms. The zero-order chi connectivity index (χ0) is 18.4. The lowest BCUT2D eigenvalue weighted by molar-refractivity contribution is 0.101. The standard InChI is InChI=1S/C26H26O/c1-26(27)24-16-20-8-6-18-2-3-19(5-4-18)7-9-21-11-13-23(25(26)17-21)15-14-22(24)12-10-20/h2-5,10-13,16-17,27H,6-9,14-15H2,1H3. The van der Waals surface area contributed by atoms with Gasteiger partial charge in [-0.15, -0.1) is 0 Å². The Bertz CT molecular complexity index is 915. The molecule has 0 atom stereocenters. The molecule has 136 valence electrons. The average Bonchev–Trinajstić information content (AvgIpc) is 2.80. The largest absolute Gasteiger partial charge is 0.381 e. The lowest BCUT2D eigenvalue weighted by Crippen LogP contribution is -2.25. The van der Waals surface area contributed by atoms with Gasteiger partial charge in [0, 0.05) is 0 Å². The van der Waals surface area contributed by atoms with E-state index in [0.29, 0.717) is 0 Å². The van der Waals surface area contributed by atoms with Gasteiger partial charge < -0.3 is 5.11 Å². The van der Waals surface area contributed by atoms with Crippen LogP contribution in [0.3, 0.4) is 0 Å². The van der Waals surface area contributed by atoms with Gasteiger partial charge in [-0.25, -0.2) is 0 Å². The van der Waals surface area contributed by atoms with Gasteiger partial charge in [-0.1, -0.05) is 60.7 Å². The van der Waals surface area contributed by atoms with Crippen LogP contribution >= 0.6 is 0 Å². The zero-order valence-electron chi connectivity index (χ0n) is 16.0. The summed E-state index contributed by atoms with van der Waals surface area (Å²) in [6, 6.07) is 22.6. The quantitative estimate of drug-likeness (QED) is 0.607. The molecule has 3 aromatic carbocycles. The third-order valence-corrected chi connectivity index (χ3v) is 6.49. The summed E-state index contributed by atoms with van der Waals surface area (Å²) in [5.41, 5.74) is 9.24. The van der Waals surface area contributed by atoms with Crippen molar-refractivity contribution in [3.8, 4) is 0 Å². The van der Waals surface area contributed by atoms with Crippen molar-refractivity contribution in [1.82, 2.24) is 0 Å². The minimum absolute atomic E-state index is 0.927. The van der Waals surface area contributed by atoms with Gasteiger partial charge in [-0.2, -0.15) is 0 Å². The van der Waals surface area contributed by atoms with Gasteiger partial charge in [-0.3, -0.25) is 0 Å². The minimum atomic E-state index is -0.927. The van der Waals surface area contributed by atoms with Gasteiger partial charge in [0.2, 0.25) is 0 Å². The molecule has 6 rings (SSSR count). The number of rotatable bonds is 0. The molecule has 0 saturated carbocycles. The molecule has 3 aliphatic carbocycles. The Morgan fingerprint density at radius 2 is 0.926 bits per heavy atom. The summed E-state index contributed by atoms with van der Waals surface area (Å²) in [5.74, 6) is 0.